The molecule has 0 spiro atoms. The number of rotatable bonds is 2. The summed E-state index contributed by atoms with van der Waals surface area (Å²) in [5, 5.41) is 23.6. The van der Waals surface area contributed by atoms with Gasteiger partial charge >= 0.3 is 0 Å². The first kappa shape index (κ1) is 11.9. The molecule has 6 N–H and O–H groups in total. The quantitative estimate of drug-likeness (QED) is 0.413. The topological polar surface area (TPSA) is 73.7 Å². The summed E-state index contributed by atoms with van der Waals surface area (Å²) >= 11 is 0. The van der Waals surface area contributed by atoms with Crippen molar-refractivity contribution in [2.75, 3.05) is 0 Å². The van der Waals surface area contributed by atoms with E-state index in [9.17, 15) is 10.2 Å². The van der Waals surface area contributed by atoms with Crippen molar-refractivity contribution >= 4 is 0 Å². The fraction of sp³-hybridized carbons (Fsp3) is 1.00. The number of hydrogen-bond donors (Lipinski definition) is 4. The van der Waals surface area contributed by atoms with Gasteiger partial charge in [0.25, 0.3) is 0 Å². The Kier molecular flexibility index (Phi) is 3.89. The number of piperazine rings is 1. The lowest BCUT2D eigenvalue weighted by atomic mass is 9.94. The Morgan fingerprint density at radius 3 is 1.29 bits per heavy atom. The molecule has 0 saturated carbocycles. The van der Waals surface area contributed by atoms with Gasteiger partial charge in [0.2, 0.25) is 12.5 Å². The van der Waals surface area contributed by atoms with Crippen molar-refractivity contribution in [1.82, 2.24) is 0 Å². The minimum absolute atomic E-state index is 0.0972. The SMILES string of the molecule is CC(C)[C@@H]1[NH2+][C@H](O)[C@H](C(C)C)[NH2+][C@H]1O. The second-order valence-corrected chi connectivity index (χ2v) is 5.01. The van der Waals surface area contributed by atoms with Crippen LogP contribution in [0.3, 0.4) is 0 Å². The van der Waals surface area contributed by atoms with Crippen LogP contribution < -0.4 is 10.6 Å². The van der Waals surface area contributed by atoms with Gasteiger partial charge in [-0.2, -0.15) is 0 Å². The smallest absolute Gasteiger partial charge is 0.241 e. The molecular formula is C10H24N2O2+2. The van der Waals surface area contributed by atoms with Crippen LogP contribution in [-0.2, 0) is 0 Å². The van der Waals surface area contributed by atoms with Gasteiger partial charge in [-0.25, -0.2) is 0 Å². The van der Waals surface area contributed by atoms with Gasteiger partial charge in [-0.3, -0.25) is 0 Å². The molecule has 4 nitrogen and oxygen atoms in total. The van der Waals surface area contributed by atoms with E-state index in [-0.39, 0.29) is 12.1 Å². The van der Waals surface area contributed by atoms with Crippen LogP contribution in [-0.4, -0.2) is 34.8 Å². The van der Waals surface area contributed by atoms with Crippen molar-refractivity contribution in [1.29, 1.82) is 0 Å². The highest BCUT2D eigenvalue weighted by molar-refractivity contribution is 4.69. The number of nitrogens with two attached hydrogens (primary N) is 2. The highest BCUT2D eigenvalue weighted by Crippen LogP contribution is 2.05. The summed E-state index contributed by atoms with van der Waals surface area (Å²) in [7, 11) is 0. The predicted octanol–water partition coefficient (Wildman–Crippen LogP) is -2.19. The summed E-state index contributed by atoms with van der Waals surface area (Å²) in [6.45, 7) is 8.28. The highest BCUT2D eigenvalue weighted by Gasteiger charge is 2.44. The third-order valence-corrected chi connectivity index (χ3v) is 3.17. The maximum Gasteiger partial charge on any atom is 0.241 e. The number of aliphatic hydroxyl groups is 2. The van der Waals surface area contributed by atoms with Gasteiger partial charge < -0.3 is 20.8 Å². The van der Waals surface area contributed by atoms with E-state index in [4.69, 9.17) is 0 Å². The molecule has 0 radical (unpaired) electrons. The predicted molar refractivity (Wildman–Crippen MR) is 53.1 cm³/mol. The Labute approximate surface area is 85.7 Å². The molecule has 84 valence electrons. The van der Waals surface area contributed by atoms with Crippen LogP contribution in [0.2, 0.25) is 0 Å². The van der Waals surface area contributed by atoms with Crippen LogP contribution >= 0.6 is 0 Å². The maximum absolute atomic E-state index is 9.88. The summed E-state index contributed by atoms with van der Waals surface area (Å²) in [6, 6.07) is 0.194. The van der Waals surface area contributed by atoms with Crippen molar-refractivity contribution in [2.24, 2.45) is 11.8 Å². The van der Waals surface area contributed by atoms with E-state index < -0.39 is 12.5 Å². The minimum atomic E-state index is -0.397. The molecule has 1 fully saturated rings. The molecule has 0 amide bonds. The summed E-state index contributed by atoms with van der Waals surface area (Å²) in [4.78, 5) is 0. The second kappa shape index (κ2) is 4.57. The van der Waals surface area contributed by atoms with Gasteiger partial charge in [-0.1, -0.05) is 27.7 Å². The molecule has 0 bridgehead atoms. The number of quaternary nitrogens is 2. The molecule has 1 heterocycles. The summed E-state index contributed by atoms with van der Waals surface area (Å²) in [6.07, 6.45) is -0.795. The van der Waals surface area contributed by atoms with E-state index >= 15 is 0 Å². The lowest BCUT2D eigenvalue weighted by molar-refractivity contribution is -0.917. The fourth-order valence-corrected chi connectivity index (χ4v) is 2.17. The lowest BCUT2D eigenvalue weighted by Gasteiger charge is -2.35. The zero-order valence-electron chi connectivity index (χ0n) is 9.51. The van der Waals surface area contributed by atoms with Gasteiger partial charge in [-0.15, -0.1) is 0 Å². The third-order valence-electron chi connectivity index (χ3n) is 3.17. The Bertz CT molecular complexity index is 165. The zero-order valence-corrected chi connectivity index (χ0v) is 9.51. The summed E-state index contributed by atoms with van der Waals surface area (Å²) < 4.78 is 0. The maximum atomic E-state index is 9.88. The average Bonchev–Trinajstić information content (AvgIpc) is 2.07. The summed E-state index contributed by atoms with van der Waals surface area (Å²) in [5.41, 5.74) is 0. The molecular weight excluding hydrogens is 180 g/mol. The molecule has 4 atom stereocenters. The van der Waals surface area contributed by atoms with Gasteiger partial charge in [0, 0.05) is 11.8 Å². The van der Waals surface area contributed by atoms with E-state index in [1.54, 1.807) is 0 Å². The molecule has 0 aromatic heterocycles. The van der Waals surface area contributed by atoms with Crippen LogP contribution in [0.5, 0.6) is 0 Å². The molecule has 14 heavy (non-hydrogen) atoms. The third kappa shape index (κ3) is 2.45. The number of hydrogen-bond acceptors (Lipinski definition) is 2. The van der Waals surface area contributed by atoms with Crippen molar-refractivity contribution in [2.45, 2.75) is 52.2 Å². The highest BCUT2D eigenvalue weighted by atomic mass is 16.3. The van der Waals surface area contributed by atoms with E-state index in [1.807, 2.05) is 10.6 Å². The Morgan fingerprint density at radius 1 is 0.786 bits per heavy atom. The average molecular weight is 204 g/mol. The largest absolute Gasteiger partial charge is 0.340 e. The molecule has 1 aliphatic heterocycles. The second-order valence-electron chi connectivity index (χ2n) is 5.01. The van der Waals surface area contributed by atoms with Gasteiger partial charge in [-0.05, 0) is 0 Å². The monoisotopic (exact) mass is 204 g/mol. The van der Waals surface area contributed by atoms with Gasteiger partial charge in [0.1, 0.15) is 0 Å². The molecule has 4 heteroatoms. The standard InChI is InChI=1S/C10H22N2O2/c1-5(2)7-9(13)12-8(6(3)4)10(14)11-7/h5-14H,1-4H3/p+2/t7-,8-,9-,10+/m0/s1. The van der Waals surface area contributed by atoms with E-state index in [2.05, 4.69) is 27.7 Å². The minimum Gasteiger partial charge on any atom is -0.340 e. The lowest BCUT2D eigenvalue weighted by Crippen LogP contribution is -3.19. The van der Waals surface area contributed by atoms with E-state index in [1.165, 1.54) is 0 Å². The molecule has 0 aliphatic carbocycles. The number of aliphatic hydroxyl groups excluding tert-OH is 2. The van der Waals surface area contributed by atoms with E-state index in [0.29, 0.717) is 11.8 Å². The van der Waals surface area contributed by atoms with Crippen molar-refractivity contribution in [3.8, 4) is 0 Å². The molecule has 1 rings (SSSR count). The Hall–Kier alpha value is -0.160. The normalized spacial score (nSPS) is 39.4. The van der Waals surface area contributed by atoms with Crippen LogP contribution in [0.1, 0.15) is 27.7 Å². The molecule has 0 aromatic rings. The van der Waals surface area contributed by atoms with Crippen molar-refractivity contribution in [3.05, 3.63) is 0 Å². The first-order valence-electron chi connectivity index (χ1n) is 5.49. The molecule has 1 aliphatic rings. The van der Waals surface area contributed by atoms with E-state index in [0.717, 1.165) is 0 Å². The van der Waals surface area contributed by atoms with Crippen LogP contribution in [0, 0.1) is 11.8 Å². The molecule has 1 saturated heterocycles. The first-order valence-corrected chi connectivity index (χ1v) is 5.49. The zero-order chi connectivity index (χ0) is 10.9. The molecule has 0 unspecified atom stereocenters. The van der Waals surface area contributed by atoms with Crippen molar-refractivity contribution in [3.63, 3.8) is 0 Å². The molecule has 0 aromatic carbocycles. The van der Waals surface area contributed by atoms with Crippen LogP contribution in [0.15, 0.2) is 0 Å². The summed E-state index contributed by atoms with van der Waals surface area (Å²) in [5.74, 6) is 0.757. The fourth-order valence-electron chi connectivity index (χ4n) is 2.17. The van der Waals surface area contributed by atoms with Gasteiger partial charge in [0.15, 0.2) is 12.1 Å². The Balaban J connectivity index is 2.62. The van der Waals surface area contributed by atoms with Gasteiger partial charge in [0.05, 0.1) is 0 Å². The van der Waals surface area contributed by atoms with Crippen LogP contribution in [0.4, 0.5) is 0 Å². The van der Waals surface area contributed by atoms with Crippen molar-refractivity contribution < 1.29 is 20.8 Å². The van der Waals surface area contributed by atoms with Crippen LogP contribution in [0.25, 0.3) is 0 Å². The first-order chi connectivity index (χ1) is 6.43. The Morgan fingerprint density at radius 2 is 1.07 bits per heavy atom.